The van der Waals surface area contributed by atoms with E-state index in [1.165, 1.54) is 0 Å². The standard InChI is InChI=1S/C12H25N3O/c1-5-15(10(2)9-14(3)4)12(16)11-7-6-8-13-11/h10-11,13H,5-9H2,1-4H3. The molecule has 2 atom stereocenters. The molecule has 1 saturated heterocycles. The van der Waals surface area contributed by atoms with Gasteiger partial charge in [-0.1, -0.05) is 0 Å². The van der Waals surface area contributed by atoms with E-state index in [-0.39, 0.29) is 18.0 Å². The molecule has 2 unspecified atom stereocenters. The van der Waals surface area contributed by atoms with Crippen LogP contribution < -0.4 is 5.32 Å². The van der Waals surface area contributed by atoms with Crippen LogP contribution in [-0.2, 0) is 4.79 Å². The van der Waals surface area contributed by atoms with Crippen LogP contribution in [0.2, 0.25) is 0 Å². The highest BCUT2D eigenvalue weighted by atomic mass is 16.2. The van der Waals surface area contributed by atoms with Crippen molar-refractivity contribution in [2.45, 2.75) is 38.8 Å². The van der Waals surface area contributed by atoms with Gasteiger partial charge in [0.05, 0.1) is 6.04 Å². The number of rotatable bonds is 5. The molecule has 1 heterocycles. The summed E-state index contributed by atoms with van der Waals surface area (Å²) in [5.41, 5.74) is 0. The van der Waals surface area contributed by atoms with Crippen LogP contribution in [0.4, 0.5) is 0 Å². The topological polar surface area (TPSA) is 35.6 Å². The summed E-state index contributed by atoms with van der Waals surface area (Å²) in [5.74, 6) is 0.273. The molecule has 0 saturated carbocycles. The van der Waals surface area contributed by atoms with E-state index in [4.69, 9.17) is 0 Å². The zero-order valence-electron chi connectivity index (χ0n) is 11.0. The van der Waals surface area contributed by atoms with E-state index in [0.717, 1.165) is 32.5 Å². The molecule has 0 aromatic heterocycles. The van der Waals surface area contributed by atoms with Crippen molar-refractivity contribution < 1.29 is 4.79 Å². The van der Waals surface area contributed by atoms with Crippen LogP contribution in [0, 0.1) is 0 Å². The minimum atomic E-state index is 0.0598. The van der Waals surface area contributed by atoms with Gasteiger partial charge in [-0.2, -0.15) is 0 Å². The van der Waals surface area contributed by atoms with Crippen LogP contribution in [0.25, 0.3) is 0 Å². The minimum Gasteiger partial charge on any atom is -0.338 e. The summed E-state index contributed by atoms with van der Waals surface area (Å²) in [6.07, 6.45) is 2.11. The van der Waals surface area contributed by atoms with E-state index in [2.05, 4.69) is 24.1 Å². The molecule has 1 aliphatic rings. The number of hydrogen-bond donors (Lipinski definition) is 1. The molecule has 1 aliphatic heterocycles. The first-order valence-electron chi connectivity index (χ1n) is 6.24. The van der Waals surface area contributed by atoms with Crippen molar-refractivity contribution in [3.05, 3.63) is 0 Å². The first kappa shape index (κ1) is 13.5. The summed E-state index contributed by atoms with van der Waals surface area (Å²) in [7, 11) is 4.09. The number of amides is 1. The third-order valence-corrected chi connectivity index (χ3v) is 3.14. The van der Waals surface area contributed by atoms with E-state index in [9.17, 15) is 4.79 Å². The maximum Gasteiger partial charge on any atom is 0.239 e. The first-order valence-corrected chi connectivity index (χ1v) is 6.24. The molecule has 0 aromatic rings. The zero-order valence-corrected chi connectivity index (χ0v) is 11.0. The highest BCUT2D eigenvalue weighted by Gasteiger charge is 2.28. The Balaban J connectivity index is 2.54. The van der Waals surface area contributed by atoms with E-state index < -0.39 is 0 Å². The lowest BCUT2D eigenvalue weighted by atomic mass is 10.1. The van der Waals surface area contributed by atoms with Crippen molar-refractivity contribution >= 4 is 5.91 Å². The maximum atomic E-state index is 12.2. The summed E-state index contributed by atoms with van der Waals surface area (Å²) < 4.78 is 0. The Morgan fingerprint density at radius 1 is 1.50 bits per heavy atom. The SMILES string of the molecule is CCN(C(=O)C1CCCN1)C(C)CN(C)C. The van der Waals surface area contributed by atoms with Gasteiger partial charge in [0.25, 0.3) is 0 Å². The Kier molecular flexibility index (Phi) is 5.22. The van der Waals surface area contributed by atoms with E-state index in [1.807, 2.05) is 19.0 Å². The molecule has 1 rings (SSSR count). The molecule has 4 nitrogen and oxygen atoms in total. The molecule has 1 amide bonds. The number of nitrogens with one attached hydrogen (secondary N) is 1. The van der Waals surface area contributed by atoms with Crippen LogP contribution in [0.3, 0.4) is 0 Å². The van der Waals surface area contributed by atoms with Crippen molar-refractivity contribution in [1.29, 1.82) is 0 Å². The Morgan fingerprint density at radius 3 is 2.62 bits per heavy atom. The van der Waals surface area contributed by atoms with Crippen molar-refractivity contribution in [1.82, 2.24) is 15.1 Å². The van der Waals surface area contributed by atoms with Crippen molar-refractivity contribution in [2.24, 2.45) is 0 Å². The average Bonchev–Trinajstić information content (AvgIpc) is 2.69. The fourth-order valence-electron chi connectivity index (χ4n) is 2.41. The fraction of sp³-hybridized carbons (Fsp3) is 0.917. The third kappa shape index (κ3) is 3.46. The first-order chi connectivity index (χ1) is 7.56. The van der Waals surface area contributed by atoms with Crippen molar-refractivity contribution in [2.75, 3.05) is 33.7 Å². The quantitative estimate of drug-likeness (QED) is 0.744. The zero-order chi connectivity index (χ0) is 12.1. The third-order valence-electron chi connectivity index (χ3n) is 3.14. The molecule has 0 radical (unpaired) electrons. The number of carbonyl (C=O) groups is 1. The molecule has 1 N–H and O–H groups in total. The largest absolute Gasteiger partial charge is 0.338 e. The Bertz CT molecular complexity index is 224. The van der Waals surface area contributed by atoms with Crippen LogP contribution in [-0.4, -0.2) is 61.5 Å². The molecule has 1 fully saturated rings. The average molecular weight is 227 g/mol. The Labute approximate surface area is 99.0 Å². The molecule has 0 spiro atoms. The second-order valence-electron chi connectivity index (χ2n) is 4.88. The van der Waals surface area contributed by atoms with Gasteiger partial charge < -0.3 is 15.1 Å². The van der Waals surface area contributed by atoms with Gasteiger partial charge in [0.2, 0.25) is 5.91 Å². The van der Waals surface area contributed by atoms with Gasteiger partial charge in [0, 0.05) is 19.1 Å². The Morgan fingerprint density at radius 2 is 2.19 bits per heavy atom. The molecule has 94 valence electrons. The van der Waals surface area contributed by atoms with Gasteiger partial charge in [-0.15, -0.1) is 0 Å². The molecule has 0 aromatic carbocycles. The lowest BCUT2D eigenvalue weighted by Crippen LogP contribution is -2.50. The van der Waals surface area contributed by atoms with Crippen molar-refractivity contribution in [3.8, 4) is 0 Å². The molecular weight excluding hydrogens is 202 g/mol. The van der Waals surface area contributed by atoms with Crippen LogP contribution in [0.5, 0.6) is 0 Å². The summed E-state index contributed by atoms with van der Waals surface area (Å²) in [4.78, 5) is 16.4. The lowest BCUT2D eigenvalue weighted by Gasteiger charge is -2.32. The monoisotopic (exact) mass is 227 g/mol. The molecular formula is C12H25N3O. The lowest BCUT2D eigenvalue weighted by molar-refractivity contribution is -0.135. The summed E-state index contributed by atoms with van der Waals surface area (Å²) in [5, 5.41) is 3.27. The normalized spacial score (nSPS) is 22.4. The number of nitrogens with zero attached hydrogens (tertiary/aromatic N) is 2. The molecule has 4 heteroatoms. The van der Waals surface area contributed by atoms with Crippen LogP contribution in [0.15, 0.2) is 0 Å². The predicted molar refractivity (Wildman–Crippen MR) is 66.4 cm³/mol. The second-order valence-corrected chi connectivity index (χ2v) is 4.88. The van der Waals surface area contributed by atoms with Crippen LogP contribution in [0.1, 0.15) is 26.7 Å². The molecule has 16 heavy (non-hydrogen) atoms. The van der Waals surface area contributed by atoms with Crippen LogP contribution >= 0.6 is 0 Å². The van der Waals surface area contributed by atoms with Gasteiger partial charge in [-0.25, -0.2) is 0 Å². The summed E-state index contributed by atoms with van der Waals surface area (Å²) >= 11 is 0. The highest BCUT2D eigenvalue weighted by Crippen LogP contribution is 2.11. The van der Waals surface area contributed by atoms with E-state index >= 15 is 0 Å². The predicted octanol–water partition coefficient (Wildman–Crippen LogP) is 0.537. The van der Waals surface area contributed by atoms with Crippen molar-refractivity contribution in [3.63, 3.8) is 0 Å². The van der Waals surface area contributed by atoms with Gasteiger partial charge in [0.15, 0.2) is 0 Å². The van der Waals surface area contributed by atoms with E-state index in [1.54, 1.807) is 0 Å². The smallest absolute Gasteiger partial charge is 0.239 e. The molecule has 0 aliphatic carbocycles. The van der Waals surface area contributed by atoms with Gasteiger partial charge >= 0.3 is 0 Å². The van der Waals surface area contributed by atoms with E-state index in [0.29, 0.717) is 0 Å². The number of likely N-dealkylation sites (N-methyl/N-ethyl adjacent to an activating group) is 2. The molecule has 0 bridgehead atoms. The Hall–Kier alpha value is -0.610. The number of carbonyl (C=O) groups excluding carboxylic acids is 1. The van der Waals surface area contributed by atoms with Gasteiger partial charge in [-0.3, -0.25) is 4.79 Å². The van der Waals surface area contributed by atoms with Gasteiger partial charge in [-0.05, 0) is 47.3 Å². The minimum absolute atomic E-state index is 0.0598. The second kappa shape index (κ2) is 6.21. The fourth-order valence-corrected chi connectivity index (χ4v) is 2.41. The number of hydrogen-bond acceptors (Lipinski definition) is 3. The maximum absolute atomic E-state index is 12.2. The summed E-state index contributed by atoms with van der Waals surface area (Å²) in [6, 6.07) is 0.347. The highest BCUT2D eigenvalue weighted by molar-refractivity contribution is 5.82. The van der Waals surface area contributed by atoms with Gasteiger partial charge in [0.1, 0.15) is 0 Å². The summed E-state index contributed by atoms with van der Waals surface area (Å²) in [6.45, 7) is 6.88.